The Morgan fingerprint density at radius 2 is 1.78 bits per heavy atom. The molecular formula is C26H32N4O6S. The molecule has 198 valence electrons. The molecule has 37 heavy (non-hydrogen) atoms. The van der Waals surface area contributed by atoms with E-state index in [1.54, 1.807) is 23.1 Å². The van der Waals surface area contributed by atoms with E-state index in [1.165, 1.54) is 6.07 Å². The Morgan fingerprint density at radius 3 is 2.54 bits per heavy atom. The highest BCUT2D eigenvalue weighted by molar-refractivity contribution is 7.89. The maximum atomic E-state index is 13.5. The van der Waals surface area contributed by atoms with Gasteiger partial charge in [0.1, 0.15) is 16.7 Å². The Kier molecular flexibility index (Phi) is 7.11. The van der Waals surface area contributed by atoms with Crippen LogP contribution in [0.15, 0.2) is 59.5 Å². The largest absolute Gasteiger partial charge is 0.492 e. The van der Waals surface area contributed by atoms with Crippen LogP contribution in [0.25, 0.3) is 0 Å². The van der Waals surface area contributed by atoms with E-state index in [2.05, 4.69) is 10.6 Å². The second-order valence-electron chi connectivity index (χ2n) is 9.93. The lowest BCUT2D eigenvalue weighted by Crippen LogP contribution is -2.60. The molecule has 3 aliphatic heterocycles. The molecule has 2 fully saturated rings. The average molecular weight is 529 g/mol. The van der Waals surface area contributed by atoms with Crippen LogP contribution in [0.1, 0.15) is 31.2 Å². The molecule has 11 heteroatoms. The zero-order chi connectivity index (χ0) is 26.0. The number of likely N-dealkylation sites (tertiary alicyclic amines) is 1. The van der Waals surface area contributed by atoms with Crippen molar-refractivity contribution in [2.45, 2.75) is 54.8 Å². The van der Waals surface area contributed by atoms with Crippen LogP contribution < -0.4 is 15.4 Å². The van der Waals surface area contributed by atoms with Crippen LogP contribution in [0.4, 0.5) is 4.79 Å². The standard InChI is InChI=1S/C26H32N4O6S/c31-20-16-21-24(32)28-26(10-13-29(14-11-26)25(33)27-17-19-6-2-1-3-7-19)12-15-36-22-8-4-5-9-23(22)37(34,35)30(21)18-20/h1-9,20-21,31H,10-18H2,(H,27,33)(H,28,32)/t20-,21+/m1/s1. The SMILES string of the molecule is O=C1NC2(CCOc3ccccc3S(=O)(=O)N3C[C@H](O)C[C@@H]13)CCN(C(=O)NCc1ccccc1)CC2. The summed E-state index contributed by atoms with van der Waals surface area (Å²) in [5, 5.41) is 16.4. The maximum absolute atomic E-state index is 13.5. The van der Waals surface area contributed by atoms with E-state index in [9.17, 15) is 23.1 Å². The number of ether oxygens (including phenoxy) is 1. The fourth-order valence-electron chi connectivity index (χ4n) is 5.36. The molecule has 3 N–H and O–H groups in total. The number of carbonyl (C=O) groups is 2. The number of urea groups is 1. The second kappa shape index (κ2) is 10.3. The summed E-state index contributed by atoms with van der Waals surface area (Å²) in [6.07, 6.45) is 0.558. The van der Waals surface area contributed by atoms with Gasteiger partial charge in [-0.05, 0) is 30.5 Å². The summed E-state index contributed by atoms with van der Waals surface area (Å²) in [6.45, 7) is 1.36. The Balaban J connectivity index is 1.33. The van der Waals surface area contributed by atoms with E-state index in [-0.39, 0.29) is 36.2 Å². The lowest BCUT2D eigenvalue weighted by molar-refractivity contribution is -0.127. The third-order valence-corrected chi connectivity index (χ3v) is 9.41. The van der Waals surface area contributed by atoms with Crippen molar-refractivity contribution in [2.24, 2.45) is 0 Å². The Hall–Kier alpha value is -3.15. The molecule has 0 radical (unpaired) electrons. The molecule has 5 rings (SSSR count). The van der Waals surface area contributed by atoms with Crippen LogP contribution in [-0.4, -0.2) is 78.6 Å². The molecule has 10 nitrogen and oxygen atoms in total. The molecular weight excluding hydrogens is 496 g/mol. The fraction of sp³-hybridized carbons (Fsp3) is 0.462. The van der Waals surface area contributed by atoms with Gasteiger partial charge in [0, 0.05) is 44.6 Å². The summed E-state index contributed by atoms with van der Waals surface area (Å²) in [5.41, 5.74) is 0.353. The highest BCUT2D eigenvalue weighted by atomic mass is 32.2. The molecule has 1 spiro atoms. The number of hydrogen-bond acceptors (Lipinski definition) is 6. The summed E-state index contributed by atoms with van der Waals surface area (Å²) in [4.78, 5) is 28.0. The first-order valence-corrected chi connectivity index (χ1v) is 14.0. The van der Waals surface area contributed by atoms with Crippen molar-refractivity contribution in [2.75, 3.05) is 26.2 Å². The number of piperidine rings is 1. The number of aliphatic hydroxyl groups is 1. The number of nitrogens with zero attached hydrogens (tertiary/aromatic N) is 2. The molecule has 3 amide bonds. The van der Waals surface area contributed by atoms with Crippen molar-refractivity contribution in [3.63, 3.8) is 0 Å². The number of sulfonamides is 1. The van der Waals surface area contributed by atoms with Gasteiger partial charge in [-0.25, -0.2) is 13.2 Å². The molecule has 2 saturated heterocycles. The normalized spacial score (nSPS) is 25.2. The average Bonchev–Trinajstić information content (AvgIpc) is 3.31. The lowest BCUT2D eigenvalue weighted by atomic mass is 9.84. The maximum Gasteiger partial charge on any atom is 0.317 e. The summed E-state index contributed by atoms with van der Waals surface area (Å²) in [5.74, 6) is -0.202. The molecule has 0 saturated carbocycles. The molecule has 2 atom stereocenters. The summed E-state index contributed by atoms with van der Waals surface area (Å²) in [6, 6.07) is 14.9. The van der Waals surface area contributed by atoms with Crippen LogP contribution in [0.5, 0.6) is 5.75 Å². The number of benzene rings is 2. The molecule has 0 aliphatic carbocycles. The van der Waals surface area contributed by atoms with Crippen molar-refractivity contribution in [1.29, 1.82) is 0 Å². The molecule has 3 heterocycles. The van der Waals surface area contributed by atoms with Gasteiger partial charge in [0.2, 0.25) is 15.9 Å². The van der Waals surface area contributed by atoms with Crippen LogP contribution in [0.2, 0.25) is 0 Å². The van der Waals surface area contributed by atoms with E-state index in [1.807, 2.05) is 30.3 Å². The van der Waals surface area contributed by atoms with E-state index in [4.69, 9.17) is 4.74 Å². The van der Waals surface area contributed by atoms with Gasteiger partial charge in [0.05, 0.1) is 12.7 Å². The summed E-state index contributed by atoms with van der Waals surface area (Å²) in [7, 11) is -4.07. The van der Waals surface area contributed by atoms with E-state index >= 15 is 0 Å². The number of aliphatic hydroxyl groups excluding tert-OH is 1. The first-order valence-electron chi connectivity index (χ1n) is 12.6. The third-order valence-electron chi connectivity index (χ3n) is 7.49. The highest BCUT2D eigenvalue weighted by Gasteiger charge is 2.47. The van der Waals surface area contributed by atoms with Crippen molar-refractivity contribution < 1.29 is 27.9 Å². The zero-order valence-corrected chi connectivity index (χ0v) is 21.3. The molecule has 2 aromatic rings. The number of para-hydroxylation sites is 1. The van der Waals surface area contributed by atoms with Gasteiger partial charge in [-0.2, -0.15) is 4.31 Å². The van der Waals surface area contributed by atoms with E-state index in [0.717, 1.165) is 9.87 Å². The van der Waals surface area contributed by atoms with Gasteiger partial charge in [-0.15, -0.1) is 0 Å². The van der Waals surface area contributed by atoms with Crippen molar-refractivity contribution in [1.82, 2.24) is 19.8 Å². The Morgan fingerprint density at radius 1 is 1.08 bits per heavy atom. The van der Waals surface area contributed by atoms with Gasteiger partial charge in [0.25, 0.3) is 0 Å². The van der Waals surface area contributed by atoms with Gasteiger partial charge in [0.15, 0.2) is 0 Å². The van der Waals surface area contributed by atoms with Crippen molar-refractivity contribution in [3.05, 3.63) is 60.2 Å². The van der Waals surface area contributed by atoms with Gasteiger partial charge in [-0.3, -0.25) is 4.79 Å². The minimum atomic E-state index is -4.07. The van der Waals surface area contributed by atoms with E-state index < -0.39 is 33.6 Å². The van der Waals surface area contributed by atoms with Gasteiger partial charge >= 0.3 is 6.03 Å². The molecule has 0 aromatic heterocycles. The molecule has 2 aromatic carbocycles. The second-order valence-corrected chi connectivity index (χ2v) is 11.8. The summed E-state index contributed by atoms with van der Waals surface area (Å²) < 4.78 is 34.0. The first kappa shape index (κ1) is 25.5. The number of carbonyl (C=O) groups excluding carboxylic acids is 2. The smallest absolute Gasteiger partial charge is 0.317 e. The Labute approximate surface area is 216 Å². The van der Waals surface area contributed by atoms with Crippen LogP contribution in [0, 0.1) is 0 Å². The minimum Gasteiger partial charge on any atom is -0.492 e. The fourth-order valence-corrected chi connectivity index (χ4v) is 7.13. The lowest BCUT2D eigenvalue weighted by Gasteiger charge is -2.43. The first-order chi connectivity index (χ1) is 17.8. The summed E-state index contributed by atoms with van der Waals surface area (Å²) >= 11 is 0. The topological polar surface area (TPSA) is 128 Å². The van der Waals surface area contributed by atoms with Crippen LogP contribution >= 0.6 is 0 Å². The predicted molar refractivity (Wildman–Crippen MR) is 135 cm³/mol. The number of amides is 3. The van der Waals surface area contributed by atoms with Crippen LogP contribution in [0.3, 0.4) is 0 Å². The number of nitrogens with one attached hydrogen (secondary N) is 2. The predicted octanol–water partition coefficient (Wildman–Crippen LogP) is 1.45. The quantitative estimate of drug-likeness (QED) is 0.541. The molecule has 3 aliphatic rings. The number of fused-ring (bicyclic) bond motifs is 2. The van der Waals surface area contributed by atoms with Crippen molar-refractivity contribution in [3.8, 4) is 5.75 Å². The number of rotatable bonds is 2. The highest BCUT2D eigenvalue weighted by Crippen LogP contribution is 2.35. The Bertz CT molecular complexity index is 1250. The van der Waals surface area contributed by atoms with E-state index in [0.29, 0.717) is 38.9 Å². The molecule has 0 bridgehead atoms. The molecule has 0 unspecified atom stereocenters. The third kappa shape index (κ3) is 5.29. The monoisotopic (exact) mass is 528 g/mol. The van der Waals surface area contributed by atoms with Gasteiger partial charge < -0.3 is 25.4 Å². The van der Waals surface area contributed by atoms with Gasteiger partial charge in [-0.1, -0.05) is 42.5 Å². The minimum absolute atomic E-state index is 0.0113. The van der Waals surface area contributed by atoms with Crippen LogP contribution in [-0.2, 0) is 21.4 Å². The number of hydrogen-bond donors (Lipinski definition) is 3. The van der Waals surface area contributed by atoms with Crippen molar-refractivity contribution >= 4 is 22.0 Å². The zero-order valence-electron chi connectivity index (χ0n) is 20.5.